The summed E-state index contributed by atoms with van der Waals surface area (Å²) in [5.74, 6) is 0. The molecular weight excluding hydrogens is 198 g/mol. The van der Waals surface area contributed by atoms with E-state index in [9.17, 15) is 8.78 Å². The Morgan fingerprint density at radius 2 is 2.23 bits per heavy atom. The van der Waals surface area contributed by atoms with Crippen molar-refractivity contribution in [2.75, 3.05) is 0 Å². The Balaban J connectivity index is 3.30. The SMILES string of the molecule is Cc1c(Cl)ncc(C(F)F)c1CN. The lowest BCUT2D eigenvalue weighted by Gasteiger charge is -2.10. The number of nitrogens with zero attached hydrogens (tertiary/aromatic N) is 1. The summed E-state index contributed by atoms with van der Waals surface area (Å²) < 4.78 is 24.8. The summed E-state index contributed by atoms with van der Waals surface area (Å²) in [6.45, 7) is 1.68. The fraction of sp³-hybridized carbons (Fsp3) is 0.375. The second-order valence-electron chi connectivity index (χ2n) is 2.61. The molecule has 0 aliphatic heterocycles. The molecular formula is C8H9ClF2N2. The smallest absolute Gasteiger partial charge is 0.265 e. The van der Waals surface area contributed by atoms with Crippen LogP contribution in [-0.4, -0.2) is 4.98 Å². The van der Waals surface area contributed by atoms with Gasteiger partial charge in [0.1, 0.15) is 5.15 Å². The molecule has 0 aliphatic rings. The van der Waals surface area contributed by atoms with Crippen molar-refractivity contribution < 1.29 is 8.78 Å². The van der Waals surface area contributed by atoms with E-state index in [1.165, 1.54) is 0 Å². The minimum absolute atomic E-state index is 0.0494. The van der Waals surface area contributed by atoms with E-state index in [2.05, 4.69) is 4.98 Å². The monoisotopic (exact) mass is 206 g/mol. The van der Waals surface area contributed by atoms with Gasteiger partial charge >= 0.3 is 0 Å². The van der Waals surface area contributed by atoms with Gasteiger partial charge in [-0.05, 0) is 18.1 Å². The van der Waals surface area contributed by atoms with Crippen LogP contribution in [0, 0.1) is 6.92 Å². The summed E-state index contributed by atoms with van der Waals surface area (Å²) >= 11 is 5.66. The summed E-state index contributed by atoms with van der Waals surface area (Å²) in [5, 5.41) is 0.227. The Bertz CT molecular complexity index is 315. The van der Waals surface area contributed by atoms with Gasteiger partial charge < -0.3 is 5.73 Å². The Morgan fingerprint density at radius 1 is 1.62 bits per heavy atom. The van der Waals surface area contributed by atoms with Crippen molar-refractivity contribution in [1.82, 2.24) is 4.98 Å². The zero-order chi connectivity index (χ0) is 10.0. The average molecular weight is 207 g/mol. The Labute approximate surface area is 79.7 Å². The molecule has 72 valence electrons. The highest BCUT2D eigenvalue weighted by Gasteiger charge is 2.15. The maximum Gasteiger partial charge on any atom is 0.265 e. The van der Waals surface area contributed by atoms with Gasteiger partial charge in [0.15, 0.2) is 0 Å². The van der Waals surface area contributed by atoms with Gasteiger partial charge in [-0.1, -0.05) is 11.6 Å². The van der Waals surface area contributed by atoms with Crippen molar-refractivity contribution in [1.29, 1.82) is 0 Å². The van der Waals surface area contributed by atoms with Gasteiger partial charge in [-0.15, -0.1) is 0 Å². The van der Waals surface area contributed by atoms with Crippen LogP contribution < -0.4 is 5.73 Å². The van der Waals surface area contributed by atoms with Crippen molar-refractivity contribution >= 4 is 11.6 Å². The van der Waals surface area contributed by atoms with E-state index in [0.29, 0.717) is 11.1 Å². The van der Waals surface area contributed by atoms with Gasteiger partial charge in [0.25, 0.3) is 6.43 Å². The van der Waals surface area contributed by atoms with Crippen molar-refractivity contribution in [3.8, 4) is 0 Å². The van der Waals surface area contributed by atoms with Crippen LogP contribution in [0.4, 0.5) is 8.78 Å². The summed E-state index contributed by atoms with van der Waals surface area (Å²) in [5.41, 5.74) is 6.12. The van der Waals surface area contributed by atoms with Crippen LogP contribution in [0.15, 0.2) is 6.20 Å². The summed E-state index contributed by atoms with van der Waals surface area (Å²) in [7, 11) is 0. The molecule has 0 saturated heterocycles. The lowest BCUT2D eigenvalue weighted by Crippen LogP contribution is -2.06. The molecule has 1 rings (SSSR count). The molecule has 0 amide bonds. The fourth-order valence-corrected chi connectivity index (χ4v) is 1.26. The Kier molecular flexibility index (Phi) is 3.17. The molecule has 0 unspecified atom stereocenters. The lowest BCUT2D eigenvalue weighted by molar-refractivity contribution is 0.149. The van der Waals surface area contributed by atoms with E-state index in [0.717, 1.165) is 6.20 Å². The molecule has 0 atom stereocenters. The van der Waals surface area contributed by atoms with Crippen LogP contribution in [0.3, 0.4) is 0 Å². The molecule has 1 heterocycles. The standard InChI is InChI=1S/C8H9ClF2N2/c1-4-5(2-12)6(8(10)11)3-13-7(4)9/h3,8H,2,12H2,1H3. The lowest BCUT2D eigenvalue weighted by atomic mass is 10.1. The maximum atomic E-state index is 12.4. The largest absolute Gasteiger partial charge is 0.326 e. The van der Waals surface area contributed by atoms with E-state index in [1.807, 2.05) is 0 Å². The van der Waals surface area contributed by atoms with E-state index in [-0.39, 0.29) is 17.3 Å². The van der Waals surface area contributed by atoms with E-state index < -0.39 is 6.43 Å². The molecule has 13 heavy (non-hydrogen) atoms. The molecule has 0 saturated carbocycles. The number of aromatic nitrogens is 1. The molecule has 0 radical (unpaired) electrons. The molecule has 2 nitrogen and oxygen atoms in total. The second-order valence-corrected chi connectivity index (χ2v) is 2.97. The van der Waals surface area contributed by atoms with Crippen LogP contribution in [0.25, 0.3) is 0 Å². The molecule has 0 bridgehead atoms. The molecule has 5 heteroatoms. The number of alkyl halides is 2. The molecule has 0 aromatic carbocycles. The zero-order valence-electron chi connectivity index (χ0n) is 7.02. The van der Waals surface area contributed by atoms with Crippen LogP contribution in [0.5, 0.6) is 0 Å². The first-order valence-corrected chi connectivity index (χ1v) is 4.07. The number of nitrogens with two attached hydrogens (primary N) is 1. The zero-order valence-corrected chi connectivity index (χ0v) is 7.78. The molecule has 1 aromatic heterocycles. The Hall–Kier alpha value is -0.740. The van der Waals surface area contributed by atoms with Crippen LogP contribution in [-0.2, 0) is 6.54 Å². The first-order chi connectivity index (χ1) is 6.07. The minimum atomic E-state index is -2.55. The Morgan fingerprint density at radius 3 is 2.69 bits per heavy atom. The van der Waals surface area contributed by atoms with Gasteiger partial charge in [-0.25, -0.2) is 13.8 Å². The van der Waals surface area contributed by atoms with Gasteiger partial charge in [0.2, 0.25) is 0 Å². The van der Waals surface area contributed by atoms with Crippen molar-refractivity contribution in [3.63, 3.8) is 0 Å². The summed E-state index contributed by atoms with van der Waals surface area (Å²) in [6.07, 6.45) is -1.48. The topological polar surface area (TPSA) is 38.9 Å². The van der Waals surface area contributed by atoms with E-state index >= 15 is 0 Å². The highest BCUT2D eigenvalue weighted by Crippen LogP contribution is 2.27. The van der Waals surface area contributed by atoms with Crippen molar-refractivity contribution in [2.45, 2.75) is 19.9 Å². The number of rotatable bonds is 2. The second kappa shape index (κ2) is 3.98. The third-order valence-corrected chi connectivity index (χ3v) is 2.25. The molecule has 1 aromatic rings. The van der Waals surface area contributed by atoms with E-state index in [1.54, 1.807) is 6.92 Å². The first kappa shape index (κ1) is 10.3. The third-order valence-electron chi connectivity index (χ3n) is 1.87. The highest BCUT2D eigenvalue weighted by atomic mass is 35.5. The maximum absolute atomic E-state index is 12.4. The number of halogens is 3. The quantitative estimate of drug-likeness (QED) is 0.755. The summed E-state index contributed by atoms with van der Waals surface area (Å²) in [4.78, 5) is 3.64. The number of hydrogen-bond donors (Lipinski definition) is 1. The molecule has 2 N–H and O–H groups in total. The third kappa shape index (κ3) is 1.95. The minimum Gasteiger partial charge on any atom is -0.326 e. The van der Waals surface area contributed by atoms with Gasteiger partial charge in [0, 0.05) is 18.3 Å². The number of hydrogen-bond acceptors (Lipinski definition) is 2. The van der Waals surface area contributed by atoms with Gasteiger partial charge in [-0.3, -0.25) is 0 Å². The molecule has 0 spiro atoms. The average Bonchev–Trinajstić information content (AvgIpc) is 2.09. The predicted molar refractivity (Wildman–Crippen MR) is 46.8 cm³/mol. The molecule has 0 fully saturated rings. The highest BCUT2D eigenvalue weighted by molar-refractivity contribution is 6.30. The molecule has 0 aliphatic carbocycles. The fourth-order valence-electron chi connectivity index (χ4n) is 1.10. The van der Waals surface area contributed by atoms with Crippen molar-refractivity contribution in [2.24, 2.45) is 5.73 Å². The van der Waals surface area contributed by atoms with Gasteiger partial charge in [0.05, 0.1) is 0 Å². The first-order valence-electron chi connectivity index (χ1n) is 3.70. The number of pyridine rings is 1. The van der Waals surface area contributed by atoms with Crippen LogP contribution in [0.2, 0.25) is 5.15 Å². The van der Waals surface area contributed by atoms with Gasteiger partial charge in [-0.2, -0.15) is 0 Å². The predicted octanol–water partition coefficient (Wildman–Crippen LogP) is 2.44. The van der Waals surface area contributed by atoms with Crippen LogP contribution >= 0.6 is 11.6 Å². The summed E-state index contributed by atoms with van der Waals surface area (Å²) in [6, 6.07) is 0. The normalized spacial score (nSPS) is 10.9. The van der Waals surface area contributed by atoms with Crippen LogP contribution in [0.1, 0.15) is 23.1 Å². The van der Waals surface area contributed by atoms with E-state index in [4.69, 9.17) is 17.3 Å². The van der Waals surface area contributed by atoms with Crippen molar-refractivity contribution in [3.05, 3.63) is 28.0 Å².